The maximum atomic E-state index is 13.2. The van der Waals surface area contributed by atoms with E-state index in [0.717, 1.165) is 6.92 Å². The molecule has 0 fully saturated rings. The van der Waals surface area contributed by atoms with Gasteiger partial charge in [0.1, 0.15) is 0 Å². The van der Waals surface area contributed by atoms with Crippen molar-refractivity contribution in [2.75, 3.05) is 0 Å². The van der Waals surface area contributed by atoms with Crippen molar-refractivity contribution in [3.63, 3.8) is 0 Å². The molecule has 0 aliphatic heterocycles. The lowest BCUT2D eigenvalue weighted by atomic mass is 9.79. The zero-order valence-electron chi connectivity index (χ0n) is 8.14. The monoisotopic (exact) mass is 184 g/mol. The van der Waals surface area contributed by atoms with Crippen LogP contribution in [0.15, 0.2) is 30.3 Å². The number of alkyl halides is 2. The number of hydrogen-bond donors (Lipinski definition) is 0. The molecule has 0 N–H and O–H groups in total. The van der Waals surface area contributed by atoms with Gasteiger partial charge >= 0.3 is 0 Å². The van der Waals surface area contributed by atoms with E-state index in [9.17, 15) is 8.78 Å². The maximum absolute atomic E-state index is 13.2. The second-order valence-electron chi connectivity index (χ2n) is 3.88. The van der Waals surface area contributed by atoms with E-state index >= 15 is 0 Å². The van der Waals surface area contributed by atoms with Crippen molar-refractivity contribution < 1.29 is 8.78 Å². The SMILES string of the molecule is CC(F)(F)C(C)(C)c1ccccc1. The topological polar surface area (TPSA) is 0 Å². The summed E-state index contributed by atoms with van der Waals surface area (Å²) in [5, 5.41) is 0. The van der Waals surface area contributed by atoms with E-state index in [-0.39, 0.29) is 0 Å². The van der Waals surface area contributed by atoms with Gasteiger partial charge in [0, 0.05) is 6.92 Å². The summed E-state index contributed by atoms with van der Waals surface area (Å²) >= 11 is 0. The Kier molecular flexibility index (Phi) is 2.42. The Morgan fingerprint density at radius 3 is 1.77 bits per heavy atom. The summed E-state index contributed by atoms with van der Waals surface area (Å²) in [5.41, 5.74) is -0.434. The molecule has 0 heterocycles. The van der Waals surface area contributed by atoms with Gasteiger partial charge in [-0.25, -0.2) is 8.78 Å². The summed E-state index contributed by atoms with van der Waals surface area (Å²) in [5.74, 6) is -2.70. The van der Waals surface area contributed by atoms with Crippen LogP contribution in [-0.2, 0) is 5.41 Å². The molecular weight excluding hydrogens is 170 g/mol. The van der Waals surface area contributed by atoms with Gasteiger partial charge in [0.2, 0.25) is 0 Å². The molecule has 0 aromatic heterocycles. The Bertz CT molecular complexity index is 270. The van der Waals surface area contributed by atoms with E-state index in [0.29, 0.717) is 5.56 Å². The van der Waals surface area contributed by atoms with Crippen LogP contribution in [0.1, 0.15) is 26.3 Å². The maximum Gasteiger partial charge on any atom is 0.254 e. The first-order chi connectivity index (χ1) is 5.86. The fourth-order valence-electron chi connectivity index (χ4n) is 1.11. The van der Waals surface area contributed by atoms with Crippen LogP contribution in [0.3, 0.4) is 0 Å². The minimum Gasteiger partial charge on any atom is -0.206 e. The van der Waals surface area contributed by atoms with Crippen LogP contribution in [0.25, 0.3) is 0 Å². The summed E-state index contributed by atoms with van der Waals surface area (Å²) in [7, 11) is 0. The number of hydrogen-bond acceptors (Lipinski definition) is 0. The molecule has 0 bridgehead atoms. The predicted octanol–water partition coefficient (Wildman–Crippen LogP) is 3.62. The first-order valence-electron chi connectivity index (χ1n) is 4.29. The Labute approximate surface area is 77.6 Å². The molecule has 0 aliphatic rings. The van der Waals surface area contributed by atoms with Gasteiger partial charge < -0.3 is 0 Å². The molecule has 72 valence electrons. The highest BCUT2D eigenvalue weighted by Crippen LogP contribution is 2.38. The average Bonchev–Trinajstić information content (AvgIpc) is 2.04. The fourth-order valence-corrected chi connectivity index (χ4v) is 1.11. The number of rotatable bonds is 2. The highest BCUT2D eigenvalue weighted by molar-refractivity contribution is 5.25. The van der Waals surface area contributed by atoms with E-state index in [4.69, 9.17) is 0 Å². The van der Waals surface area contributed by atoms with Gasteiger partial charge in [0.15, 0.2) is 0 Å². The van der Waals surface area contributed by atoms with E-state index < -0.39 is 11.3 Å². The van der Waals surface area contributed by atoms with Crippen LogP contribution in [0.5, 0.6) is 0 Å². The van der Waals surface area contributed by atoms with Crippen LogP contribution >= 0.6 is 0 Å². The van der Waals surface area contributed by atoms with Gasteiger partial charge in [-0.1, -0.05) is 44.2 Å². The zero-order chi connectivity index (χ0) is 10.1. The molecule has 0 aliphatic carbocycles. The van der Waals surface area contributed by atoms with Crippen LogP contribution < -0.4 is 0 Å². The van der Waals surface area contributed by atoms with Gasteiger partial charge in [-0.3, -0.25) is 0 Å². The van der Waals surface area contributed by atoms with Crippen LogP contribution in [0.2, 0.25) is 0 Å². The van der Waals surface area contributed by atoms with Crippen LogP contribution in [-0.4, -0.2) is 5.92 Å². The van der Waals surface area contributed by atoms with Crippen molar-refractivity contribution in [1.82, 2.24) is 0 Å². The minimum atomic E-state index is -2.70. The molecule has 0 radical (unpaired) electrons. The molecule has 0 unspecified atom stereocenters. The molecule has 0 amide bonds. The van der Waals surface area contributed by atoms with Crippen molar-refractivity contribution >= 4 is 0 Å². The van der Waals surface area contributed by atoms with E-state index in [2.05, 4.69) is 0 Å². The van der Waals surface area contributed by atoms with Crippen molar-refractivity contribution in [3.8, 4) is 0 Å². The fraction of sp³-hybridized carbons (Fsp3) is 0.455. The summed E-state index contributed by atoms with van der Waals surface area (Å²) in [4.78, 5) is 0. The lowest BCUT2D eigenvalue weighted by molar-refractivity contribution is -0.0467. The van der Waals surface area contributed by atoms with Crippen molar-refractivity contribution in [2.45, 2.75) is 32.1 Å². The van der Waals surface area contributed by atoms with Crippen LogP contribution in [0.4, 0.5) is 8.78 Å². The van der Waals surface area contributed by atoms with E-state index in [1.807, 2.05) is 6.07 Å². The van der Waals surface area contributed by atoms with Crippen molar-refractivity contribution in [2.24, 2.45) is 0 Å². The number of benzene rings is 1. The first-order valence-corrected chi connectivity index (χ1v) is 4.29. The van der Waals surface area contributed by atoms with Gasteiger partial charge in [-0.15, -0.1) is 0 Å². The van der Waals surface area contributed by atoms with E-state index in [1.54, 1.807) is 38.1 Å². The Morgan fingerprint density at radius 2 is 1.38 bits per heavy atom. The smallest absolute Gasteiger partial charge is 0.206 e. The van der Waals surface area contributed by atoms with Gasteiger partial charge in [0.05, 0.1) is 5.41 Å². The molecule has 13 heavy (non-hydrogen) atoms. The third-order valence-corrected chi connectivity index (χ3v) is 2.59. The van der Waals surface area contributed by atoms with Gasteiger partial charge in [0.25, 0.3) is 5.92 Å². The lowest BCUT2D eigenvalue weighted by Crippen LogP contribution is -2.37. The molecule has 0 saturated heterocycles. The first kappa shape index (κ1) is 10.2. The Morgan fingerprint density at radius 1 is 0.923 bits per heavy atom. The van der Waals surface area contributed by atoms with Crippen molar-refractivity contribution in [3.05, 3.63) is 35.9 Å². The van der Waals surface area contributed by atoms with Crippen molar-refractivity contribution in [1.29, 1.82) is 0 Å². The normalized spacial score (nSPS) is 13.0. The highest BCUT2D eigenvalue weighted by atomic mass is 19.3. The summed E-state index contributed by atoms with van der Waals surface area (Å²) in [6.45, 7) is 4.07. The average molecular weight is 184 g/mol. The Balaban J connectivity index is 3.08. The largest absolute Gasteiger partial charge is 0.254 e. The van der Waals surface area contributed by atoms with Crippen LogP contribution in [0, 0.1) is 0 Å². The summed E-state index contributed by atoms with van der Waals surface area (Å²) in [6.07, 6.45) is 0. The molecule has 2 heteroatoms. The molecular formula is C11H14F2. The lowest BCUT2D eigenvalue weighted by Gasteiger charge is -2.31. The molecule has 1 aromatic carbocycles. The summed E-state index contributed by atoms with van der Waals surface area (Å²) < 4.78 is 26.4. The minimum absolute atomic E-state index is 0.669. The summed E-state index contributed by atoms with van der Waals surface area (Å²) in [6, 6.07) is 8.86. The predicted molar refractivity (Wildman–Crippen MR) is 50.1 cm³/mol. The molecule has 1 aromatic rings. The van der Waals surface area contributed by atoms with E-state index in [1.165, 1.54) is 0 Å². The molecule has 0 atom stereocenters. The van der Waals surface area contributed by atoms with Gasteiger partial charge in [-0.05, 0) is 5.56 Å². The quantitative estimate of drug-likeness (QED) is 0.658. The highest BCUT2D eigenvalue weighted by Gasteiger charge is 2.42. The third-order valence-electron chi connectivity index (χ3n) is 2.59. The second kappa shape index (κ2) is 3.09. The zero-order valence-corrected chi connectivity index (χ0v) is 8.14. The third kappa shape index (κ3) is 1.87. The van der Waals surface area contributed by atoms with Gasteiger partial charge in [-0.2, -0.15) is 0 Å². The number of halogens is 2. The molecule has 0 saturated carbocycles. The Hall–Kier alpha value is -0.920. The molecule has 0 spiro atoms. The standard InChI is InChI=1S/C11H14F2/c1-10(2,11(3,12)13)9-7-5-4-6-8-9/h4-8H,1-3H3. The second-order valence-corrected chi connectivity index (χ2v) is 3.88. The molecule has 0 nitrogen and oxygen atoms in total. The molecule has 1 rings (SSSR count).